The zero-order valence-electron chi connectivity index (χ0n) is 17.8. The molecule has 0 saturated heterocycles. The number of nitrogens with zero attached hydrogens (tertiary/aromatic N) is 1. The van der Waals surface area contributed by atoms with Crippen molar-refractivity contribution >= 4 is 21.6 Å². The van der Waals surface area contributed by atoms with Crippen LogP contribution in [-0.4, -0.2) is 9.97 Å². The molecule has 2 heterocycles. The van der Waals surface area contributed by atoms with E-state index in [2.05, 4.69) is 86.5 Å². The molecule has 0 aliphatic heterocycles. The molecule has 1 atom stereocenters. The lowest BCUT2D eigenvalue weighted by Gasteiger charge is -2.22. The molecule has 4 aromatic rings. The number of aryl methyl sites for hydroxylation is 2. The zero-order valence-corrected chi connectivity index (χ0v) is 18.6. The molecule has 4 rings (SSSR count). The van der Waals surface area contributed by atoms with Gasteiger partial charge < -0.3 is 10.3 Å². The fourth-order valence-corrected chi connectivity index (χ4v) is 4.99. The molecule has 0 bridgehead atoms. The SMILES string of the molecule is Cc1ccc(-c2c(C)sc3nc(CN[C@@H](c4ccccc4)C(C)C)[nH]c(=O)c23)cc1. The average molecular weight is 418 g/mol. The Labute approximate surface area is 181 Å². The van der Waals surface area contributed by atoms with Crippen molar-refractivity contribution in [2.24, 2.45) is 5.92 Å². The van der Waals surface area contributed by atoms with E-state index in [0.29, 0.717) is 23.7 Å². The summed E-state index contributed by atoms with van der Waals surface area (Å²) in [5.74, 6) is 1.09. The van der Waals surface area contributed by atoms with E-state index in [1.54, 1.807) is 11.3 Å². The van der Waals surface area contributed by atoms with E-state index in [0.717, 1.165) is 20.8 Å². The number of rotatable bonds is 6. The van der Waals surface area contributed by atoms with Gasteiger partial charge in [0.05, 0.1) is 11.9 Å². The zero-order chi connectivity index (χ0) is 21.3. The molecule has 2 aromatic heterocycles. The Kier molecular flexibility index (Phi) is 5.84. The Bertz CT molecular complexity index is 1210. The molecule has 2 N–H and O–H groups in total. The largest absolute Gasteiger partial charge is 0.309 e. The lowest BCUT2D eigenvalue weighted by molar-refractivity contribution is 0.406. The van der Waals surface area contributed by atoms with Gasteiger partial charge in [0, 0.05) is 16.5 Å². The van der Waals surface area contributed by atoms with Crippen LogP contribution in [0.5, 0.6) is 0 Å². The Balaban J connectivity index is 1.65. The van der Waals surface area contributed by atoms with Crippen LogP contribution in [0.4, 0.5) is 0 Å². The molecule has 0 fully saturated rings. The summed E-state index contributed by atoms with van der Waals surface area (Å²) < 4.78 is 0. The molecule has 0 spiro atoms. The van der Waals surface area contributed by atoms with Crippen LogP contribution in [0, 0.1) is 19.8 Å². The van der Waals surface area contributed by atoms with Gasteiger partial charge in [0.15, 0.2) is 0 Å². The first-order valence-electron chi connectivity index (χ1n) is 10.3. The lowest BCUT2D eigenvalue weighted by Crippen LogP contribution is -2.27. The minimum Gasteiger partial charge on any atom is -0.309 e. The third-order valence-corrected chi connectivity index (χ3v) is 6.44. The number of aromatic amines is 1. The molecule has 2 aromatic carbocycles. The number of hydrogen-bond donors (Lipinski definition) is 2. The predicted octanol–water partition coefficient (Wildman–Crippen LogP) is 5.76. The lowest BCUT2D eigenvalue weighted by atomic mass is 9.96. The monoisotopic (exact) mass is 417 g/mol. The van der Waals surface area contributed by atoms with Gasteiger partial charge in [-0.2, -0.15) is 0 Å². The van der Waals surface area contributed by atoms with Crippen LogP contribution in [0.3, 0.4) is 0 Å². The van der Waals surface area contributed by atoms with Crippen molar-refractivity contribution in [2.45, 2.75) is 40.3 Å². The van der Waals surface area contributed by atoms with Gasteiger partial charge in [0.25, 0.3) is 5.56 Å². The van der Waals surface area contributed by atoms with Crippen LogP contribution in [0.2, 0.25) is 0 Å². The van der Waals surface area contributed by atoms with Crippen LogP contribution >= 0.6 is 11.3 Å². The van der Waals surface area contributed by atoms with E-state index in [9.17, 15) is 4.79 Å². The second kappa shape index (κ2) is 8.54. The third-order valence-electron chi connectivity index (χ3n) is 5.44. The first-order valence-corrected chi connectivity index (χ1v) is 11.1. The van der Waals surface area contributed by atoms with Gasteiger partial charge in [-0.25, -0.2) is 4.98 Å². The van der Waals surface area contributed by atoms with Crippen LogP contribution < -0.4 is 10.9 Å². The fourth-order valence-electron chi connectivity index (χ4n) is 3.92. The second-order valence-corrected chi connectivity index (χ2v) is 9.31. The van der Waals surface area contributed by atoms with Gasteiger partial charge >= 0.3 is 0 Å². The minimum atomic E-state index is -0.0717. The highest BCUT2D eigenvalue weighted by Crippen LogP contribution is 2.35. The molecule has 4 nitrogen and oxygen atoms in total. The van der Waals surface area contributed by atoms with E-state index in [-0.39, 0.29) is 11.6 Å². The van der Waals surface area contributed by atoms with Crippen molar-refractivity contribution in [2.75, 3.05) is 0 Å². The molecule has 0 aliphatic rings. The van der Waals surface area contributed by atoms with E-state index in [1.165, 1.54) is 11.1 Å². The van der Waals surface area contributed by atoms with E-state index < -0.39 is 0 Å². The normalized spacial score (nSPS) is 12.6. The number of aromatic nitrogens is 2. The quantitative estimate of drug-likeness (QED) is 0.420. The highest BCUT2D eigenvalue weighted by atomic mass is 32.1. The topological polar surface area (TPSA) is 57.8 Å². The maximum Gasteiger partial charge on any atom is 0.260 e. The smallest absolute Gasteiger partial charge is 0.260 e. The van der Waals surface area contributed by atoms with Crippen molar-refractivity contribution in [1.29, 1.82) is 0 Å². The number of nitrogens with one attached hydrogen (secondary N) is 2. The first-order chi connectivity index (χ1) is 14.4. The summed E-state index contributed by atoms with van der Waals surface area (Å²) in [4.78, 5) is 22.7. The highest BCUT2D eigenvalue weighted by molar-refractivity contribution is 7.19. The summed E-state index contributed by atoms with van der Waals surface area (Å²) in [6.45, 7) is 9.03. The van der Waals surface area contributed by atoms with Gasteiger partial charge in [0.2, 0.25) is 0 Å². The van der Waals surface area contributed by atoms with Gasteiger partial charge in [-0.3, -0.25) is 4.79 Å². The van der Waals surface area contributed by atoms with Gasteiger partial charge in [0.1, 0.15) is 10.7 Å². The molecule has 0 aliphatic carbocycles. The van der Waals surface area contributed by atoms with Crippen molar-refractivity contribution in [3.63, 3.8) is 0 Å². The first kappa shape index (κ1) is 20.5. The van der Waals surface area contributed by atoms with Crippen LogP contribution in [-0.2, 0) is 6.54 Å². The minimum absolute atomic E-state index is 0.0717. The van der Waals surface area contributed by atoms with E-state index >= 15 is 0 Å². The van der Waals surface area contributed by atoms with Gasteiger partial charge in [-0.15, -0.1) is 11.3 Å². The van der Waals surface area contributed by atoms with Crippen LogP contribution in [0.25, 0.3) is 21.3 Å². The summed E-state index contributed by atoms with van der Waals surface area (Å²) in [5, 5.41) is 4.26. The Morgan fingerprint density at radius 2 is 1.73 bits per heavy atom. The van der Waals surface area contributed by atoms with E-state index in [4.69, 9.17) is 4.98 Å². The molecule has 0 saturated carbocycles. The third kappa shape index (κ3) is 4.09. The van der Waals surface area contributed by atoms with Crippen molar-refractivity contribution in [3.8, 4) is 11.1 Å². The standard InChI is InChI=1S/C25H27N3OS/c1-15(2)23(19-8-6-5-7-9-19)26-14-20-27-24(29)22-21(17(4)30-25(22)28-20)18-12-10-16(3)11-13-18/h5-13,15,23,26H,14H2,1-4H3,(H,27,28,29)/t23-/m1/s1. The molecular formula is C25H27N3OS. The predicted molar refractivity (Wildman–Crippen MR) is 126 cm³/mol. The van der Waals surface area contributed by atoms with E-state index in [1.807, 2.05) is 6.07 Å². The fraction of sp³-hybridized carbons (Fsp3) is 0.280. The second-order valence-electron chi connectivity index (χ2n) is 8.11. The summed E-state index contributed by atoms with van der Waals surface area (Å²) in [6, 6.07) is 18.9. The van der Waals surface area contributed by atoms with Gasteiger partial charge in [-0.05, 0) is 30.9 Å². The Morgan fingerprint density at radius 3 is 2.40 bits per heavy atom. The van der Waals surface area contributed by atoms with Crippen molar-refractivity contribution in [1.82, 2.24) is 15.3 Å². The number of thiophene rings is 1. The number of benzene rings is 2. The Morgan fingerprint density at radius 1 is 1.03 bits per heavy atom. The van der Waals surface area contributed by atoms with Gasteiger partial charge in [-0.1, -0.05) is 74.0 Å². The molecular weight excluding hydrogens is 390 g/mol. The number of fused-ring (bicyclic) bond motifs is 1. The van der Waals surface area contributed by atoms with Crippen molar-refractivity contribution in [3.05, 3.63) is 86.8 Å². The number of H-pyrrole nitrogens is 1. The molecule has 0 amide bonds. The molecule has 0 radical (unpaired) electrons. The van der Waals surface area contributed by atoms with Crippen molar-refractivity contribution < 1.29 is 0 Å². The maximum absolute atomic E-state index is 13.0. The summed E-state index contributed by atoms with van der Waals surface area (Å²) in [7, 11) is 0. The molecule has 5 heteroatoms. The Hall–Kier alpha value is -2.76. The highest BCUT2D eigenvalue weighted by Gasteiger charge is 2.18. The van der Waals surface area contributed by atoms with Crippen LogP contribution in [0.15, 0.2) is 59.4 Å². The number of hydrogen-bond acceptors (Lipinski definition) is 4. The maximum atomic E-state index is 13.0. The summed E-state index contributed by atoms with van der Waals surface area (Å²) >= 11 is 1.58. The average Bonchev–Trinajstić information content (AvgIpc) is 3.06. The van der Waals surface area contributed by atoms with Crippen LogP contribution in [0.1, 0.15) is 41.7 Å². The molecule has 154 valence electrons. The summed E-state index contributed by atoms with van der Waals surface area (Å²) in [6.07, 6.45) is 0. The molecule has 0 unspecified atom stereocenters. The summed E-state index contributed by atoms with van der Waals surface area (Å²) in [5.41, 5.74) is 4.43. The molecule has 30 heavy (non-hydrogen) atoms.